The normalized spacial score (nSPS) is 10.4. The van der Waals surface area contributed by atoms with E-state index in [2.05, 4.69) is 15.9 Å². The van der Waals surface area contributed by atoms with Crippen molar-refractivity contribution < 1.29 is 9.50 Å². The fraction of sp³-hybridized carbons (Fsp3) is 0. The number of halogens is 3. The van der Waals surface area contributed by atoms with E-state index >= 15 is 0 Å². The Kier molecular flexibility index (Phi) is 3.17. The first kappa shape index (κ1) is 11.4. The minimum atomic E-state index is -0.382. The summed E-state index contributed by atoms with van der Waals surface area (Å²) in [5, 5.41) is 10.2. The Morgan fingerprint density at radius 3 is 2.44 bits per heavy atom. The first-order valence-corrected chi connectivity index (χ1v) is 5.70. The molecule has 0 saturated heterocycles. The molecule has 0 amide bonds. The van der Waals surface area contributed by atoms with Crippen LogP contribution in [0.4, 0.5) is 4.39 Å². The van der Waals surface area contributed by atoms with E-state index in [-0.39, 0.29) is 11.6 Å². The molecule has 0 aliphatic heterocycles. The Hall–Kier alpha value is -1.06. The average molecular weight is 302 g/mol. The fourth-order valence-electron chi connectivity index (χ4n) is 1.44. The topological polar surface area (TPSA) is 20.2 Å². The van der Waals surface area contributed by atoms with E-state index < -0.39 is 0 Å². The Labute approximate surface area is 106 Å². The van der Waals surface area contributed by atoms with Crippen LogP contribution in [0.1, 0.15) is 0 Å². The summed E-state index contributed by atoms with van der Waals surface area (Å²) in [7, 11) is 0. The van der Waals surface area contributed by atoms with E-state index in [1.807, 2.05) is 0 Å². The van der Waals surface area contributed by atoms with E-state index in [0.29, 0.717) is 20.6 Å². The lowest BCUT2D eigenvalue weighted by molar-refractivity contribution is 0.473. The van der Waals surface area contributed by atoms with Gasteiger partial charge in [-0.15, -0.1) is 0 Å². The van der Waals surface area contributed by atoms with Crippen LogP contribution >= 0.6 is 27.5 Å². The summed E-state index contributed by atoms with van der Waals surface area (Å²) in [4.78, 5) is 0. The molecule has 0 atom stereocenters. The van der Waals surface area contributed by atoms with Crippen molar-refractivity contribution in [1.82, 2.24) is 0 Å². The van der Waals surface area contributed by atoms with Crippen molar-refractivity contribution in [2.75, 3.05) is 0 Å². The van der Waals surface area contributed by atoms with Gasteiger partial charge in [-0.05, 0) is 34.1 Å². The second kappa shape index (κ2) is 4.44. The van der Waals surface area contributed by atoms with Crippen molar-refractivity contribution in [1.29, 1.82) is 0 Å². The van der Waals surface area contributed by atoms with Gasteiger partial charge in [0.15, 0.2) is 0 Å². The van der Waals surface area contributed by atoms with Crippen molar-refractivity contribution in [2.45, 2.75) is 0 Å². The molecule has 0 spiro atoms. The van der Waals surface area contributed by atoms with Gasteiger partial charge in [0, 0.05) is 11.1 Å². The molecule has 0 aromatic heterocycles. The first-order chi connectivity index (χ1) is 7.61. The Morgan fingerprint density at radius 1 is 1.06 bits per heavy atom. The van der Waals surface area contributed by atoms with Crippen LogP contribution in [-0.2, 0) is 0 Å². The van der Waals surface area contributed by atoms with Gasteiger partial charge in [-0.3, -0.25) is 0 Å². The molecule has 2 aromatic rings. The minimum Gasteiger partial charge on any atom is -0.506 e. The molecule has 0 bridgehead atoms. The second-order valence-electron chi connectivity index (χ2n) is 3.24. The third-order valence-corrected chi connectivity index (χ3v) is 3.58. The number of phenolic OH excluding ortho intramolecular Hbond substituents is 1. The maximum Gasteiger partial charge on any atom is 0.139 e. The number of hydrogen-bond donors (Lipinski definition) is 1. The Bertz CT molecular complexity index is 543. The fourth-order valence-corrected chi connectivity index (χ4v) is 1.94. The zero-order valence-corrected chi connectivity index (χ0v) is 10.4. The van der Waals surface area contributed by atoms with E-state index in [9.17, 15) is 9.50 Å². The average Bonchev–Trinajstić information content (AvgIpc) is 2.28. The van der Waals surface area contributed by atoms with Crippen LogP contribution in [0.15, 0.2) is 40.9 Å². The summed E-state index contributed by atoms with van der Waals surface area (Å²) in [5.41, 5.74) is 0.756. The second-order valence-corrected chi connectivity index (χ2v) is 4.44. The molecule has 1 nitrogen and oxygen atoms in total. The monoisotopic (exact) mass is 300 g/mol. The molecule has 0 aliphatic carbocycles. The lowest BCUT2D eigenvalue weighted by Gasteiger charge is -2.08. The number of phenols is 1. The zero-order valence-electron chi connectivity index (χ0n) is 8.05. The largest absolute Gasteiger partial charge is 0.506 e. The predicted molar refractivity (Wildman–Crippen MR) is 66.2 cm³/mol. The Balaban J connectivity index is 2.66. The number of rotatable bonds is 1. The molecule has 2 aromatic carbocycles. The maximum atomic E-state index is 13.5. The summed E-state index contributed by atoms with van der Waals surface area (Å²) in [5.74, 6) is -0.440. The van der Waals surface area contributed by atoms with Gasteiger partial charge in [0.2, 0.25) is 0 Å². The number of aromatic hydroxyl groups is 1. The molecule has 2 rings (SSSR count). The van der Waals surface area contributed by atoms with Crippen LogP contribution in [0.5, 0.6) is 5.75 Å². The third kappa shape index (κ3) is 1.93. The van der Waals surface area contributed by atoms with Gasteiger partial charge in [-0.25, -0.2) is 4.39 Å². The molecule has 0 unspecified atom stereocenters. The van der Waals surface area contributed by atoms with Gasteiger partial charge in [-0.1, -0.05) is 29.8 Å². The van der Waals surface area contributed by atoms with Crippen molar-refractivity contribution in [2.24, 2.45) is 0 Å². The van der Waals surface area contributed by atoms with Crippen molar-refractivity contribution in [3.63, 3.8) is 0 Å². The van der Waals surface area contributed by atoms with E-state index in [0.717, 1.165) is 0 Å². The Morgan fingerprint density at radius 2 is 1.75 bits per heavy atom. The first-order valence-electron chi connectivity index (χ1n) is 4.53. The van der Waals surface area contributed by atoms with Crippen LogP contribution in [-0.4, -0.2) is 5.11 Å². The van der Waals surface area contributed by atoms with Crippen molar-refractivity contribution in [3.05, 3.63) is 51.7 Å². The molecule has 0 saturated carbocycles. The molecule has 0 aliphatic rings. The smallest absolute Gasteiger partial charge is 0.139 e. The number of benzene rings is 2. The molecule has 4 heteroatoms. The van der Waals surface area contributed by atoms with Crippen molar-refractivity contribution >= 4 is 27.5 Å². The van der Waals surface area contributed by atoms with Crippen LogP contribution in [0.25, 0.3) is 11.1 Å². The van der Waals surface area contributed by atoms with E-state index in [1.165, 1.54) is 6.07 Å². The van der Waals surface area contributed by atoms with Gasteiger partial charge < -0.3 is 5.11 Å². The molecular weight excluding hydrogens is 294 g/mol. The molecule has 16 heavy (non-hydrogen) atoms. The highest BCUT2D eigenvalue weighted by Crippen LogP contribution is 2.40. The highest BCUT2D eigenvalue weighted by molar-refractivity contribution is 9.10. The van der Waals surface area contributed by atoms with E-state index in [4.69, 9.17) is 11.6 Å². The minimum absolute atomic E-state index is 0.0578. The SMILES string of the molecule is Oc1c(-c2ccccc2F)ccc(Cl)c1Br. The summed E-state index contributed by atoms with van der Waals surface area (Å²) in [6.07, 6.45) is 0. The summed E-state index contributed by atoms with van der Waals surface area (Å²) in [6.45, 7) is 0. The molecule has 0 heterocycles. The van der Waals surface area contributed by atoms with Crippen molar-refractivity contribution in [3.8, 4) is 16.9 Å². The van der Waals surface area contributed by atoms with Crippen LogP contribution in [0.2, 0.25) is 5.02 Å². The van der Waals surface area contributed by atoms with Gasteiger partial charge in [-0.2, -0.15) is 0 Å². The lowest BCUT2D eigenvalue weighted by Crippen LogP contribution is -1.85. The van der Waals surface area contributed by atoms with Crippen LogP contribution in [0.3, 0.4) is 0 Å². The van der Waals surface area contributed by atoms with Gasteiger partial charge in [0.25, 0.3) is 0 Å². The van der Waals surface area contributed by atoms with Crippen LogP contribution in [0, 0.1) is 5.82 Å². The maximum absolute atomic E-state index is 13.5. The van der Waals surface area contributed by atoms with Gasteiger partial charge in [0.05, 0.1) is 9.50 Å². The molecule has 0 fully saturated rings. The molecule has 1 N–H and O–H groups in total. The highest BCUT2D eigenvalue weighted by atomic mass is 79.9. The van der Waals surface area contributed by atoms with Crippen LogP contribution < -0.4 is 0 Å². The standard InChI is InChI=1S/C12H7BrClFO/c13-11-9(14)6-5-8(12(11)16)7-3-1-2-4-10(7)15/h1-6,16H. The lowest BCUT2D eigenvalue weighted by atomic mass is 10.0. The summed E-state index contributed by atoms with van der Waals surface area (Å²) < 4.78 is 13.9. The molecular formula is C12H7BrClFO. The molecule has 0 radical (unpaired) electrons. The summed E-state index contributed by atoms with van der Waals surface area (Å²) in [6, 6.07) is 9.44. The number of hydrogen-bond acceptors (Lipinski definition) is 1. The van der Waals surface area contributed by atoms with Gasteiger partial charge >= 0.3 is 0 Å². The van der Waals surface area contributed by atoms with Gasteiger partial charge in [0.1, 0.15) is 11.6 Å². The molecule has 82 valence electrons. The quantitative estimate of drug-likeness (QED) is 0.815. The third-order valence-electron chi connectivity index (χ3n) is 2.23. The predicted octanol–water partition coefficient (Wildman–Crippen LogP) is 4.61. The highest BCUT2D eigenvalue weighted by Gasteiger charge is 2.13. The zero-order chi connectivity index (χ0) is 11.7. The summed E-state index contributed by atoms with van der Waals surface area (Å²) >= 11 is 8.96. The van der Waals surface area contributed by atoms with E-state index in [1.54, 1.807) is 30.3 Å².